The second-order valence-corrected chi connectivity index (χ2v) is 8.03. The van der Waals surface area contributed by atoms with E-state index in [1.807, 2.05) is 31.4 Å². The number of nitrogens with two attached hydrogens (primary N) is 1. The molecular weight excluding hydrogens is 364 g/mol. The third-order valence-electron chi connectivity index (χ3n) is 4.29. The highest BCUT2D eigenvalue weighted by molar-refractivity contribution is 7.89. The summed E-state index contributed by atoms with van der Waals surface area (Å²) in [5.41, 5.74) is 2.69. The minimum Gasteiger partial charge on any atom is -0.361 e. The third kappa shape index (κ3) is 4.94. The normalized spacial score (nSPS) is 11.8. The quantitative estimate of drug-likeness (QED) is 0.579. The lowest BCUT2D eigenvalue weighted by atomic mass is 10.1. The number of amides is 1. The van der Waals surface area contributed by atoms with Crippen LogP contribution in [0.2, 0.25) is 0 Å². The summed E-state index contributed by atoms with van der Waals surface area (Å²) in [5.74, 6) is -0.187. The van der Waals surface area contributed by atoms with Crippen LogP contribution in [0.5, 0.6) is 0 Å². The largest absolute Gasteiger partial charge is 0.361 e. The molecule has 0 bridgehead atoms. The van der Waals surface area contributed by atoms with E-state index in [2.05, 4.69) is 21.3 Å². The van der Waals surface area contributed by atoms with Gasteiger partial charge < -0.3 is 15.2 Å². The Morgan fingerprint density at radius 1 is 1.19 bits per heavy atom. The van der Waals surface area contributed by atoms with E-state index >= 15 is 0 Å². The van der Waals surface area contributed by atoms with Gasteiger partial charge in [0.05, 0.1) is 4.90 Å². The summed E-state index contributed by atoms with van der Waals surface area (Å²) in [7, 11) is -1.84. The van der Waals surface area contributed by atoms with Crippen molar-refractivity contribution in [1.29, 1.82) is 0 Å². The van der Waals surface area contributed by atoms with Crippen LogP contribution in [0, 0.1) is 0 Å². The number of hydrogen-bond donors (Lipinski definition) is 3. The fraction of sp³-hybridized carbons (Fsp3) is 0.211. The Morgan fingerprint density at radius 3 is 2.74 bits per heavy atom. The highest BCUT2D eigenvalue weighted by Gasteiger charge is 2.11. The van der Waals surface area contributed by atoms with Crippen molar-refractivity contribution < 1.29 is 13.2 Å². The van der Waals surface area contributed by atoms with Crippen molar-refractivity contribution in [3.8, 4) is 0 Å². The lowest BCUT2D eigenvalue weighted by Crippen LogP contribution is -2.24. The minimum absolute atomic E-state index is 0.0305. The van der Waals surface area contributed by atoms with Crippen LogP contribution in [0.15, 0.2) is 59.6 Å². The Labute approximate surface area is 158 Å². The summed E-state index contributed by atoms with van der Waals surface area (Å²) in [6, 6.07) is 14.1. The van der Waals surface area contributed by atoms with E-state index in [0.29, 0.717) is 18.7 Å². The van der Waals surface area contributed by atoms with Crippen LogP contribution in [0.1, 0.15) is 12.0 Å². The molecule has 0 fully saturated rings. The molecule has 1 heterocycles. The van der Waals surface area contributed by atoms with E-state index in [1.54, 1.807) is 12.1 Å². The van der Waals surface area contributed by atoms with Crippen molar-refractivity contribution in [2.45, 2.75) is 17.9 Å². The number of primary sulfonamides is 1. The number of nitrogens with zero attached hydrogens (tertiary/aromatic N) is 1. The number of rotatable bonds is 7. The number of fused-ring (bicyclic) bond motifs is 1. The Kier molecular flexibility index (Phi) is 5.59. The van der Waals surface area contributed by atoms with E-state index in [1.165, 1.54) is 23.1 Å². The highest BCUT2D eigenvalue weighted by atomic mass is 32.2. The molecule has 0 aliphatic carbocycles. The maximum Gasteiger partial charge on any atom is 0.238 e. The zero-order valence-electron chi connectivity index (χ0n) is 15.0. The Balaban J connectivity index is 1.55. The second kappa shape index (κ2) is 7.91. The Morgan fingerprint density at radius 2 is 1.96 bits per heavy atom. The van der Waals surface area contributed by atoms with Gasteiger partial charge in [-0.2, -0.15) is 0 Å². The first-order valence-corrected chi connectivity index (χ1v) is 10.0. The third-order valence-corrected chi connectivity index (χ3v) is 5.20. The molecule has 3 aromatic rings. The van der Waals surface area contributed by atoms with Crippen molar-refractivity contribution in [2.75, 3.05) is 18.9 Å². The second-order valence-electron chi connectivity index (χ2n) is 6.46. The first-order chi connectivity index (χ1) is 12.8. The predicted molar refractivity (Wildman–Crippen MR) is 106 cm³/mol. The van der Waals surface area contributed by atoms with Gasteiger partial charge >= 0.3 is 0 Å². The maximum absolute atomic E-state index is 12.2. The van der Waals surface area contributed by atoms with Crippen LogP contribution >= 0.6 is 0 Å². The number of carbonyl (C=O) groups is 1. The number of benzene rings is 2. The van der Waals surface area contributed by atoms with Crippen LogP contribution < -0.4 is 10.5 Å². The van der Waals surface area contributed by atoms with Crippen LogP contribution in [0.25, 0.3) is 10.9 Å². The average Bonchev–Trinajstić information content (AvgIpc) is 3.09. The van der Waals surface area contributed by atoms with Crippen molar-refractivity contribution >= 4 is 32.5 Å². The molecule has 27 heavy (non-hydrogen) atoms. The number of anilines is 1. The first kappa shape index (κ1) is 19.1. The van der Waals surface area contributed by atoms with E-state index in [-0.39, 0.29) is 10.8 Å². The molecule has 8 heteroatoms. The maximum atomic E-state index is 12.2. The van der Waals surface area contributed by atoms with E-state index in [9.17, 15) is 13.2 Å². The lowest BCUT2D eigenvalue weighted by Gasteiger charge is -2.17. The van der Waals surface area contributed by atoms with Gasteiger partial charge in [-0.3, -0.25) is 4.79 Å². The predicted octanol–water partition coefficient (Wildman–Crippen LogP) is 2.28. The van der Waals surface area contributed by atoms with Crippen LogP contribution in [-0.4, -0.2) is 37.8 Å². The molecule has 2 aromatic carbocycles. The standard InChI is InChI=1S/C19H22N4O3S/c1-23(13-14-4-2-7-18-17(14)8-10-21-18)11-9-19(24)22-15-5-3-6-16(12-15)27(20,25)26/h2-8,10,12,21H,9,11,13H2,1H3,(H,22,24)(H2,20,25,26). The van der Waals surface area contributed by atoms with Crippen LogP contribution in [-0.2, 0) is 21.4 Å². The summed E-state index contributed by atoms with van der Waals surface area (Å²) in [6.07, 6.45) is 2.20. The number of aromatic nitrogens is 1. The van der Waals surface area contributed by atoms with Gasteiger partial charge in [-0.25, -0.2) is 13.6 Å². The van der Waals surface area contributed by atoms with Crippen molar-refractivity contribution in [3.05, 3.63) is 60.3 Å². The fourth-order valence-electron chi connectivity index (χ4n) is 2.92. The van der Waals surface area contributed by atoms with Crippen LogP contribution in [0.4, 0.5) is 5.69 Å². The zero-order valence-corrected chi connectivity index (χ0v) is 15.8. The van der Waals surface area contributed by atoms with Crippen molar-refractivity contribution in [2.24, 2.45) is 5.14 Å². The Bertz CT molecular complexity index is 1060. The zero-order chi connectivity index (χ0) is 19.4. The lowest BCUT2D eigenvalue weighted by molar-refractivity contribution is -0.116. The SMILES string of the molecule is CN(CCC(=O)Nc1cccc(S(N)(=O)=O)c1)Cc1cccc2[nH]ccc12. The number of sulfonamides is 1. The molecular formula is C19H22N4O3S. The molecule has 0 saturated heterocycles. The highest BCUT2D eigenvalue weighted by Crippen LogP contribution is 2.19. The first-order valence-electron chi connectivity index (χ1n) is 8.49. The summed E-state index contributed by atoms with van der Waals surface area (Å²) < 4.78 is 22.8. The number of nitrogens with one attached hydrogen (secondary N) is 2. The summed E-state index contributed by atoms with van der Waals surface area (Å²) in [6.45, 7) is 1.30. The summed E-state index contributed by atoms with van der Waals surface area (Å²) in [4.78, 5) is 17.4. The number of hydrogen-bond acceptors (Lipinski definition) is 4. The van der Waals surface area contributed by atoms with Gasteiger partial charge in [-0.15, -0.1) is 0 Å². The molecule has 3 rings (SSSR count). The summed E-state index contributed by atoms with van der Waals surface area (Å²) in [5, 5.41) is 8.99. The van der Waals surface area contributed by atoms with Gasteiger partial charge in [0.1, 0.15) is 0 Å². The number of carbonyl (C=O) groups excluding carboxylic acids is 1. The van der Waals surface area contributed by atoms with Crippen LogP contribution in [0.3, 0.4) is 0 Å². The minimum atomic E-state index is -3.80. The monoisotopic (exact) mass is 386 g/mol. The molecule has 0 radical (unpaired) electrons. The molecule has 0 unspecified atom stereocenters. The Hall–Kier alpha value is -2.68. The smallest absolute Gasteiger partial charge is 0.238 e. The summed E-state index contributed by atoms with van der Waals surface area (Å²) >= 11 is 0. The van der Waals surface area contributed by atoms with E-state index in [0.717, 1.165) is 12.1 Å². The van der Waals surface area contributed by atoms with Gasteiger partial charge in [0, 0.05) is 42.3 Å². The van der Waals surface area contributed by atoms with Gasteiger partial charge in [0.25, 0.3) is 0 Å². The van der Waals surface area contributed by atoms with Crippen molar-refractivity contribution in [3.63, 3.8) is 0 Å². The molecule has 1 aromatic heterocycles. The molecule has 142 valence electrons. The molecule has 1 amide bonds. The number of aromatic amines is 1. The molecule has 0 aliphatic heterocycles. The number of H-pyrrole nitrogens is 1. The van der Waals surface area contributed by atoms with Gasteiger partial charge in [0.2, 0.25) is 15.9 Å². The van der Waals surface area contributed by atoms with Gasteiger partial charge in [0.15, 0.2) is 0 Å². The van der Waals surface area contributed by atoms with E-state index < -0.39 is 10.0 Å². The molecule has 7 nitrogen and oxygen atoms in total. The molecule has 4 N–H and O–H groups in total. The average molecular weight is 386 g/mol. The molecule has 0 aliphatic rings. The fourth-order valence-corrected chi connectivity index (χ4v) is 3.48. The van der Waals surface area contributed by atoms with Gasteiger partial charge in [-0.05, 0) is 42.9 Å². The topological polar surface area (TPSA) is 108 Å². The van der Waals surface area contributed by atoms with E-state index in [4.69, 9.17) is 5.14 Å². The molecule has 0 spiro atoms. The molecule has 0 atom stereocenters. The van der Waals surface area contributed by atoms with Gasteiger partial charge in [-0.1, -0.05) is 18.2 Å². The molecule has 0 saturated carbocycles. The van der Waals surface area contributed by atoms with Crippen molar-refractivity contribution in [1.82, 2.24) is 9.88 Å².